The average molecular weight is 443 g/mol. The number of halogens is 1. The van der Waals surface area contributed by atoms with Crippen LogP contribution in [0.2, 0.25) is 5.04 Å². The highest BCUT2D eigenvalue weighted by Crippen LogP contribution is 2.63. The van der Waals surface area contributed by atoms with Crippen LogP contribution >= 0.6 is 0 Å². The topological polar surface area (TPSA) is 27.7 Å². The number of benzene rings is 2. The van der Waals surface area contributed by atoms with Gasteiger partial charge in [0.15, 0.2) is 5.79 Å². The molecule has 2 aromatic rings. The second kappa shape index (κ2) is 7.51. The average Bonchev–Trinajstić information content (AvgIpc) is 3.07. The molecular weight excluding hydrogens is 407 g/mol. The van der Waals surface area contributed by atoms with Crippen molar-refractivity contribution in [1.29, 1.82) is 0 Å². The molecule has 0 aromatic heterocycles. The highest BCUT2D eigenvalue weighted by molar-refractivity contribution is 6.99. The van der Waals surface area contributed by atoms with Gasteiger partial charge in [-0.2, -0.15) is 0 Å². The van der Waals surface area contributed by atoms with Crippen molar-refractivity contribution < 1.29 is 18.3 Å². The SMILES string of the molecule is CC1(C)OC[C@H]([C@]2(C)C[C@]2(F)CO[Si](c2ccccc2)(c2ccccc2)C(C)(C)C)O1. The standard InChI is InChI=1S/C26H35FO3Si/c1-23(2,3)31(20-13-9-7-10-14-20,21-15-11-8-12-16-21)29-19-26(27)18-25(26,6)22-17-28-24(4,5)30-22/h7-16,22H,17-19H2,1-6H3/t22-,25+,26+/m1/s1. The van der Waals surface area contributed by atoms with Crippen molar-refractivity contribution in [3.63, 3.8) is 0 Å². The Morgan fingerprint density at radius 1 is 0.968 bits per heavy atom. The van der Waals surface area contributed by atoms with Gasteiger partial charge < -0.3 is 13.9 Å². The summed E-state index contributed by atoms with van der Waals surface area (Å²) in [5, 5.41) is 2.16. The van der Waals surface area contributed by atoms with Crippen LogP contribution in [0.25, 0.3) is 0 Å². The summed E-state index contributed by atoms with van der Waals surface area (Å²) in [6, 6.07) is 20.8. The molecule has 31 heavy (non-hydrogen) atoms. The molecule has 5 heteroatoms. The van der Waals surface area contributed by atoms with Gasteiger partial charge in [-0.15, -0.1) is 0 Å². The minimum Gasteiger partial charge on any atom is -0.404 e. The quantitative estimate of drug-likeness (QED) is 0.600. The van der Waals surface area contributed by atoms with Crippen molar-refractivity contribution in [2.45, 2.75) is 70.6 Å². The summed E-state index contributed by atoms with van der Waals surface area (Å²) in [6.45, 7) is 12.9. The zero-order valence-corrected chi connectivity index (χ0v) is 20.6. The normalized spacial score (nSPS) is 30.4. The van der Waals surface area contributed by atoms with Crippen LogP contribution in [0.15, 0.2) is 60.7 Å². The molecule has 168 valence electrons. The third-order valence-corrected chi connectivity index (χ3v) is 12.2. The second-order valence-electron chi connectivity index (χ2n) is 10.8. The summed E-state index contributed by atoms with van der Waals surface area (Å²) in [4.78, 5) is 0. The summed E-state index contributed by atoms with van der Waals surface area (Å²) >= 11 is 0. The molecule has 3 atom stereocenters. The van der Waals surface area contributed by atoms with E-state index in [2.05, 4.69) is 45.0 Å². The Balaban J connectivity index is 1.67. The van der Waals surface area contributed by atoms with Gasteiger partial charge in [0.25, 0.3) is 8.32 Å². The van der Waals surface area contributed by atoms with E-state index in [4.69, 9.17) is 13.9 Å². The van der Waals surface area contributed by atoms with Crippen molar-refractivity contribution in [3.8, 4) is 0 Å². The van der Waals surface area contributed by atoms with Crippen molar-refractivity contribution in [3.05, 3.63) is 60.7 Å². The van der Waals surface area contributed by atoms with Crippen molar-refractivity contribution >= 4 is 18.7 Å². The van der Waals surface area contributed by atoms with E-state index in [0.717, 1.165) is 0 Å². The van der Waals surface area contributed by atoms with Gasteiger partial charge in [-0.05, 0) is 35.7 Å². The molecule has 0 N–H and O–H groups in total. The molecule has 0 spiro atoms. The van der Waals surface area contributed by atoms with Crippen LogP contribution in [0, 0.1) is 5.41 Å². The summed E-state index contributed by atoms with van der Waals surface area (Å²) in [5.41, 5.74) is -2.01. The van der Waals surface area contributed by atoms with Crippen LogP contribution in [0.5, 0.6) is 0 Å². The molecule has 0 radical (unpaired) electrons. The van der Waals surface area contributed by atoms with Gasteiger partial charge in [-0.25, -0.2) is 4.39 Å². The van der Waals surface area contributed by atoms with Crippen LogP contribution in [-0.4, -0.2) is 39.1 Å². The maximum atomic E-state index is 16.2. The summed E-state index contributed by atoms with van der Waals surface area (Å²) in [6.07, 6.45) is 0.178. The predicted molar refractivity (Wildman–Crippen MR) is 125 cm³/mol. The Bertz CT molecular complexity index is 872. The first-order valence-corrected chi connectivity index (χ1v) is 13.1. The van der Waals surface area contributed by atoms with Gasteiger partial charge in [0, 0.05) is 5.41 Å². The molecule has 1 aliphatic carbocycles. The Morgan fingerprint density at radius 3 is 1.90 bits per heavy atom. The fourth-order valence-corrected chi connectivity index (χ4v) is 9.74. The smallest absolute Gasteiger partial charge is 0.261 e. The lowest BCUT2D eigenvalue weighted by molar-refractivity contribution is -0.148. The number of rotatable bonds is 6. The largest absolute Gasteiger partial charge is 0.404 e. The van der Waals surface area contributed by atoms with E-state index in [9.17, 15) is 0 Å². The maximum Gasteiger partial charge on any atom is 0.261 e. The first kappa shape index (κ1) is 22.7. The molecule has 1 saturated heterocycles. The van der Waals surface area contributed by atoms with Gasteiger partial charge in [0.1, 0.15) is 5.67 Å². The highest BCUT2D eigenvalue weighted by Gasteiger charge is 2.72. The molecule has 1 saturated carbocycles. The van der Waals surface area contributed by atoms with Crippen LogP contribution in [0.1, 0.15) is 48.0 Å². The van der Waals surface area contributed by atoms with E-state index < -0.39 is 25.2 Å². The molecule has 2 aromatic carbocycles. The first-order chi connectivity index (χ1) is 14.4. The van der Waals surface area contributed by atoms with Crippen LogP contribution in [0.3, 0.4) is 0 Å². The van der Waals surface area contributed by atoms with Crippen molar-refractivity contribution in [1.82, 2.24) is 0 Å². The lowest BCUT2D eigenvalue weighted by atomic mass is 9.98. The van der Waals surface area contributed by atoms with E-state index in [1.165, 1.54) is 10.4 Å². The molecular formula is C26H35FO3Si. The van der Waals surface area contributed by atoms with E-state index in [0.29, 0.717) is 13.0 Å². The Morgan fingerprint density at radius 2 is 1.48 bits per heavy atom. The molecule has 2 fully saturated rings. The van der Waals surface area contributed by atoms with Crippen LogP contribution in [-0.2, 0) is 13.9 Å². The molecule has 0 amide bonds. The number of ether oxygens (including phenoxy) is 2. The lowest BCUT2D eigenvalue weighted by Crippen LogP contribution is -2.67. The highest BCUT2D eigenvalue weighted by atomic mass is 28.4. The fourth-order valence-electron chi connectivity index (χ4n) is 5.14. The number of hydrogen-bond donors (Lipinski definition) is 0. The third kappa shape index (κ3) is 3.80. The van der Waals surface area contributed by atoms with E-state index >= 15 is 4.39 Å². The fraction of sp³-hybridized carbons (Fsp3) is 0.538. The van der Waals surface area contributed by atoms with Crippen LogP contribution in [0.4, 0.5) is 4.39 Å². The zero-order valence-electron chi connectivity index (χ0n) is 19.6. The summed E-state index contributed by atoms with van der Waals surface area (Å²) in [5.74, 6) is -0.657. The predicted octanol–water partition coefficient (Wildman–Crippen LogP) is 4.83. The minimum absolute atomic E-state index is 0.0665. The van der Waals surface area contributed by atoms with Crippen LogP contribution < -0.4 is 10.4 Å². The molecule has 1 heterocycles. The van der Waals surface area contributed by atoms with E-state index in [1.807, 2.05) is 57.2 Å². The monoisotopic (exact) mass is 442 g/mol. The first-order valence-electron chi connectivity index (χ1n) is 11.2. The Hall–Kier alpha value is -1.53. The third-order valence-electron chi connectivity index (χ3n) is 7.20. The van der Waals surface area contributed by atoms with Gasteiger partial charge in [0.2, 0.25) is 0 Å². The molecule has 1 aliphatic heterocycles. The van der Waals surface area contributed by atoms with Gasteiger partial charge in [-0.1, -0.05) is 88.4 Å². The van der Waals surface area contributed by atoms with Crippen molar-refractivity contribution in [2.24, 2.45) is 5.41 Å². The van der Waals surface area contributed by atoms with Gasteiger partial charge in [-0.3, -0.25) is 0 Å². The van der Waals surface area contributed by atoms with E-state index in [1.54, 1.807) is 0 Å². The molecule has 0 bridgehead atoms. The maximum absolute atomic E-state index is 16.2. The molecule has 2 aliphatic rings. The Kier molecular flexibility index (Phi) is 5.49. The second-order valence-corrected chi connectivity index (χ2v) is 15.1. The Labute approximate surface area is 187 Å². The van der Waals surface area contributed by atoms with Crippen molar-refractivity contribution in [2.75, 3.05) is 13.2 Å². The molecule has 0 unspecified atom stereocenters. The van der Waals surface area contributed by atoms with Gasteiger partial charge >= 0.3 is 0 Å². The zero-order chi connectivity index (χ0) is 22.5. The molecule has 3 nitrogen and oxygen atoms in total. The number of alkyl halides is 1. The van der Waals surface area contributed by atoms with Gasteiger partial charge in [0.05, 0.1) is 19.3 Å². The summed E-state index contributed by atoms with van der Waals surface area (Å²) in [7, 11) is -2.76. The molecule has 4 rings (SSSR count). The minimum atomic E-state index is -2.76. The summed E-state index contributed by atoms with van der Waals surface area (Å²) < 4.78 is 34.8. The van der Waals surface area contributed by atoms with E-state index in [-0.39, 0.29) is 17.7 Å². The number of hydrogen-bond acceptors (Lipinski definition) is 3. The lowest BCUT2D eigenvalue weighted by Gasteiger charge is -2.43.